The van der Waals surface area contributed by atoms with Crippen LogP contribution in [0, 0.1) is 18.8 Å². The summed E-state index contributed by atoms with van der Waals surface area (Å²) >= 11 is 0. The highest BCUT2D eigenvalue weighted by Crippen LogP contribution is 2.39. The van der Waals surface area contributed by atoms with Gasteiger partial charge in [0.2, 0.25) is 0 Å². The number of aliphatic carboxylic acids is 1. The summed E-state index contributed by atoms with van der Waals surface area (Å²) in [5.41, 5.74) is 1.62. The summed E-state index contributed by atoms with van der Waals surface area (Å²) in [4.78, 5) is 24.4. The molecule has 0 spiro atoms. The monoisotopic (exact) mass is 518 g/mol. The minimum atomic E-state index is -4.49. The van der Waals surface area contributed by atoms with Crippen molar-refractivity contribution >= 4 is 11.9 Å². The second-order valence-electron chi connectivity index (χ2n) is 11.9. The van der Waals surface area contributed by atoms with Crippen molar-refractivity contribution < 1.29 is 27.9 Å². The van der Waals surface area contributed by atoms with E-state index in [1.165, 1.54) is 18.6 Å². The Bertz CT molecular complexity index is 1130. The van der Waals surface area contributed by atoms with Crippen molar-refractivity contribution in [3.05, 3.63) is 46.6 Å². The maximum absolute atomic E-state index is 13.9. The van der Waals surface area contributed by atoms with E-state index in [0.717, 1.165) is 31.4 Å². The molecule has 0 bridgehead atoms. The molecule has 2 aliphatic rings. The molecule has 202 valence electrons. The van der Waals surface area contributed by atoms with Crippen molar-refractivity contribution in [2.75, 3.05) is 0 Å². The molecule has 1 amide bonds. The highest BCUT2D eigenvalue weighted by Gasteiger charge is 2.36. The van der Waals surface area contributed by atoms with Crippen LogP contribution in [0.1, 0.15) is 92.9 Å². The highest BCUT2D eigenvalue weighted by molar-refractivity contribution is 5.97. The first-order chi connectivity index (χ1) is 17.2. The predicted molar refractivity (Wildman–Crippen MR) is 136 cm³/mol. The third-order valence-electron chi connectivity index (χ3n) is 8.02. The number of carboxylic acid groups (broad SMARTS) is 1. The average Bonchev–Trinajstić information content (AvgIpc) is 3.11. The van der Waals surface area contributed by atoms with Crippen molar-refractivity contribution in [3.8, 4) is 11.3 Å². The minimum Gasteiger partial charge on any atom is -0.481 e. The fourth-order valence-electron chi connectivity index (χ4n) is 5.55. The van der Waals surface area contributed by atoms with Crippen LogP contribution in [0.4, 0.5) is 13.2 Å². The quantitative estimate of drug-likeness (QED) is 0.435. The zero-order valence-electron chi connectivity index (χ0n) is 22.0. The maximum Gasteiger partial charge on any atom is 0.416 e. The van der Waals surface area contributed by atoms with Gasteiger partial charge in [-0.05, 0) is 79.3 Å². The van der Waals surface area contributed by atoms with Gasteiger partial charge in [0.25, 0.3) is 5.91 Å². The summed E-state index contributed by atoms with van der Waals surface area (Å²) in [7, 11) is 0. The predicted octanol–water partition coefficient (Wildman–Crippen LogP) is 6.95. The number of carbonyl (C=O) groups is 2. The van der Waals surface area contributed by atoms with Gasteiger partial charge in [0.15, 0.2) is 0 Å². The number of hydrogen-bond acceptors (Lipinski definition) is 2. The van der Waals surface area contributed by atoms with E-state index in [9.17, 15) is 22.8 Å². The Labute approximate surface area is 216 Å². The molecule has 2 aromatic rings. The van der Waals surface area contributed by atoms with E-state index >= 15 is 0 Å². The number of carbonyl (C=O) groups excluding carboxylic acids is 1. The summed E-state index contributed by atoms with van der Waals surface area (Å²) in [6, 6.07) is 5.72. The maximum atomic E-state index is 13.9. The number of hydrogen-bond donors (Lipinski definition) is 2. The van der Waals surface area contributed by atoms with Crippen LogP contribution >= 0.6 is 0 Å². The zero-order chi connectivity index (χ0) is 27.1. The number of halogens is 3. The smallest absolute Gasteiger partial charge is 0.416 e. The number of benzene rings is 1. The number of carboxylic acids is 1. The van der Waals surface area contributed by atoms with Gasteiger partial charge in [-0.15, -0.1) is 0 Å². The van der Waals surface area contributed by atoms with Crippen LogP contribution in [-0.2, 0) is 22.9 Å². The lowest BCUT2D eigenvalue weighted by Crippen LogP contribution is -2.46. The molecule has 2 aliphatic carbocycles. The largest absolute Gasteiger partial charge is 0.481 e. The van der Waals surface area contributed by atoms with Gasteiger partial charge in [-0.25, -0.2) is 0 Å². The van der Waals surface area contributed by atoms with Crippen LogP contribution in [0.25, 0.3) is 11.3 Å². The molecule has 0 unspecified atom stereocenters. The normalized spacial score (nSPS) is 20.9. The number of alkyl halides is 3. The average molecular weight is 519 g/mol. The molecular weight excluding hydrogens is 481 g/mol. The topological polar surface area (TPSA) is 71.3 Å². The number of nitrogens with one attached hydrogen (secondary N) is 1. The second kappa shape index (κ2) is 10.2. The molecule has 0 aliphatic heterocycles. The van der Waals surface area contributed by atoms with E-state index in [2.05, 4.69) is 5.32 Å². The van der Waals surface area contributed by atoms with E-state index in [1.54, 1.807) is 6.07 Å². The van der Waals surface area contributed by atoms with E-state index in [-0.39, 0.29) is 11.9 Å². The first kappa shape index (κ1) is 27.3. The highest BCUT2D eigenvalue weighted by atomic mass is 19.4. The molecule has 2 saturated carbocycles. The summed E-state index contributed by atoms with van der Waals surface area (Å²) in [6.45, 7) is 8.17. The Hall–Kier alpha value is -2.77. The van der Waals surface area contributed by atoms with E-state index in [1.807, 2.05) is 38.3 Å². The molecule has 0 radical (unpaired) electrons. The molecule has 8 heteroatoms. The Morgan fingerprint density at radius 1 is 1.00 bits per heavy atom. The van der Waals surface area contributed by atoms with Crippen molar-refractivity contribution in [1.29, 1.82) is 0 Å². The fraction of sp³-hybridized carbons (Fsp3) is 0.586. The first-order valence-electron chi connectivity index (χ1n) is 13.2. The van der Waals surface area contributed by atoms with Gasteiger partial charge in [-0.1, -0.05) is 40.0 Å². The number of rotatable bonds is 6. The molecule has 2 N–H and O–H groups in total. The lowest BCUT2D eigenvalue weighted by Gasteiger charge is -2.32. The standard InChI is InChI=1S/C29H37F3N2O3/c1-17-24(26(35)33-23-12-20(13-23)27(36)37)15-25(34(17)16-18-8-6-5-7-9-18)19-10-21(28(2,3)4)14-22(11-19)29(30,31)32/h10-11,14-15,18,20,23H,5-9,12-13,16H2,1-4H3,(H,33,35)(H,36,37)/t20-,23-. The third kappa shape index (κ3) is 6.04. The third-order valence-corrected chi connectivity index (χ3v) is 8.02. The molecule has 5 nitrogen and oxygen atoms in total. The van der Waals surface area contributed by atoms with Crippen molar-refractivity contribution in [3.63, 3.8) is 0 Å². The van der Waals surface area contributed by atoms with Gasteiger partial charge in [-0.3, -0.25) is 9.59 Å². The summed E-state index contributed by atoms with van der Waals surface area (Å²) in [5, 5.41) is 12.1. The van der Waals surface area contributed by atoms with Crippen LogP contribution < -0.4 is 5.32 Å². The molecule has 1 aromatic carbocycles. The van der Waals surface area contributed by atoms with Crippen LogP contribution in [0.5, 0.6) is 0 Å². The number of nitrogens with zero attached hydrogens (tertiary/aromatic N) is 1. The molecule has 4 rings (SSSR count). The number of aromatic nitrogens is 1. The molecule has 1 aromatic heterocycles. The Morgan fingerprint density at radius 3 is 2.19 bits per heavy atom. The van der Waals surface area contributed by atoms with Crippen molar-refractivity contribution in [2.24, 2.45) is 11.8 Å². The number of amides is 1. The van der Waals surface area contributed by atoms with E-state index in [4.69, 9.17) is 5.11 Å². The van der Waals surface area contributed by atoms with Gasteiger partial charge in [0.1, 0.15) is 0 Å². The first-order valence-corrected chi connectivity index (χ1v) is 13.2. The van der Waals surface area contributed by atoms with Gasteiger partial charge < -0.3 is 15.0 Å². The Balaban J connectivity index is 1.75. The van der Waals surface area contributed by atoms with Gasteiger partial charge in [-0.2, -0.15) is 13.2 Å². The van der Waals surface area contributed by atoms with Crippen LogP contribution in [0.15, 0.2) is 24.3 Å². The van der Waals surface area contributed by atoms with Crippen molar-refractivity contribution in [2.45, 2.75) is 96.8 Å². The van der Waals surface area contributed by atoms with E-state index in [0.29, 0.717) is 47.7 Å². The summed E-state index contributed by atoms with van der Waals surface area (Å²) < 4.78 is 43.7. The summed E-state index contributed by atoms with van der Waals surface area (Å²) in [5.74, 6) is -1.20. The molecule has 1 heterocycles. The van der Waals surface area contributed by atoms with E-state index < -0.39 is 29.0 Å². The van der Waals surface area contributed by atoms with Gasteiger partial charge in [0.05, 0.1) is 17.0 Å². The SMILES string of the molecule is Cc1c(C(=O)N[C@H]2C[C@H](C(=O)O)C2)cc(-c2cc(C(C)(C)C)cc(C(F)(F)F)c2)n1CC1CCCCC1. The fourth-order valence-corrected chi connectivity index (χ4v) is 5.55. The van der Waals surface area contributed by atoms with Gasteiger partial charge >= 0.3 is 12.1 Å². The van der Waals surface area contributed by atoms with Crippen molar-refractivity contribution in [1.82, 2.24) is 9.88 Å². The molecule has 0 saturated heterocycles. The summed E-state index contributed by atoms with van der Waals surface area (Å²) in [6.07, 6.45) is 1.88. The Morgan fingerprint density at radius 2 is 1.62 bits per heavy atom. The van der Waals surface area contributed by atoms with Crippen LogP contribution in [-0.4, -0.2) is 27.6 Å². The second-order valence-corrected chi connectivity index (χ2v) is 11.9. The zero-order valence-corrected chi connectivity index (χ0v) is 22.0. The lowest BCUT2D eigenvalue weighted by atomic mass is 9.80. The minimum absolute atomic E-state index is 0.209. The van der Waals surface area contributed by atoms with Crippen LogP contribution in [0.2, 0.25) is 0 Å². The molecule has 0 atom stereocenters. The molecular formula is C29H37F3N2O3. The van der Waals surface area contributed by atoms with Crippen LogP contribution in [0.3, 0.4) is 0 Å². The Kier molecular flexibility index (Phi) is 7.50. The lowest BCUT2D eigenvalue weighted by molar-refractivity contribution is -0.145. The molecule has 37 heavy (non-hydrogen) atoms. The van der Waals surface area contributed by atoms with Gasteiger partial charge in [0, 0.05) is 24.0 Å². The molecule has 2 fully saturated rings.